The number of piperazine rings is 1. The smallest absolute Gasteiger partial charge is 0.250 e. The zero-order valence-corrected chi connectivity index (χ0v) is 19.6. The van der Waals surface area contributed by atoms with Crippen molar-refractivity contribution in [3.63, 3.8) is 0 Å². The number of aromatic nitrogens is 1. The first-order valence-corrected chi connectivity index (χ1v) is 10.6. The number of rotatable bonds is 7. The summed E-state index contributed by atoms with van der Waals surface area (Å²) in [6, 6.07) is 9.60. The number of hydrogen-bond acceptors (Lipinski definition) is 4. The van der Waals surface area contributed by atoms with Gasteiger partial charge in [-0.2, -0.15) is 0 Å². The Balaban J connectivity index is 0.00000280. The van der Waals surface area contributed by atoms with Gasteiger partial charge in [-0.25, -0.2) is 0 Å². The average molecular weight is 515 g/mol. The molecular formula is C20H30IN5OS. The Morgan fingerprint density at radius 1 is 1.14 bits per heavy atom. The zero-order valence-electron chi connectivity index (χ0n) is 16.4. The van der Waals surface area contributed by atoms with Gasteiger partial charge in [-0.05, 0) is 43.3 Å². The number of guanidine groups is 1. The highest BCUT2D eigenvalue weighted by atomic mass is 127. The van der Waals surface area contributed by atoms with Gasteiger partial charge in [-0.15, -0.1) is 35.3 Å². The molecule has 1 N–H and O–H groups in total. The van der Waals surface area contributed by atoms with Gasteiger partial charge in [-0.1, -0.05) is 6.07 Å². The largest absolute Gasteiger partial charge is 0.360 e. The molecule has 1 aliphatic heterocycles. The van der Waals surface area contributed by atoms with E-state index in [0.29, 0.717) is 0 Å². The second-order valence-electron chi connectivity index (χ2n) is 6.60. The van der Waals surface area contributed by atoms with Crippen molar-refractivity contribution < 1.29 is 0 Å². The summed E-state index contributed by atoms with van der Waals surface area (Å²) in [5, 5.41) is 6.91. The van der Waals surface area contributed by atoms with Crippen molar-refractivity contribution in [2.24, 2.45) is 4.99 Å². The van der Waals surface area contributed by atoms with E-state index in [1.54, 1.807) is 28.0 Å². The number of aryl methyl sites for hydroxylation is 1. The van der Waals surface area contributed by atoms with Crippen molar-refractivity contribution in [2.75, 3.05) is 44.2 Å². The second-order valence-corrected chi connectivity index (χ2v) is 7.53. The van der Waals surface area contributed by atoms with Gasteiger partial charge in [-0.3, -0.25) is 9.79 Å². The molecule has 0 radical (unpaired) electrons. The Bertz CT molecular complexity index is 769. The summed E-state index contributed by atoms with van der Waals surface area (Å²) >= 11 is 1.81. The summed E-state index contributed by atoms with van der Waals surface area (Å²) in [5.41, 5.74) is 0.0675. The van der Waals surface area contributed by atoms with E-state index >= 15 is 0 Å². The lowest BCUT2D eigenvalue weighted by molar-refractivity contribution is 0.373. The van der Waals surface area contributed by atoms with Crippen LogP contribution in [0.3, 0.4) is 0 Å². The minimum Gasteiger partial charge on any atom is -0.360 e. The predicted octanol–water partition coefficient (Wildman–Crippen LogP) is 3.10. The van der Waals surface area contributed by atoms with E-state index in [1.807, 2.05) is 12.3 Å². The number of pyridine rings is 1. The van der Waals surface area contributed by atoms with E-state index in [0.717, 1.165) is 64.6 Å². The number of thiophene rings is 1. The molecule has 2 aromatic rings. The Morgan fingerprint density at radius 2 is 1.96 bits per heavy atom. The van der Waals surface area contributed by atoms with Crippen molar-refractivity contribution in [3.05, 3.63) is 52.3 Å². The number of hydrogen-bond donors (Lipinski definition) is 1. The van der Waals surface area contributed by atoms with E-state index in [-0.39, 0.29) is 29.5 Å². The summed E-state index contributed by atoms with van der Waals surface area (Å²) in [4.78, 5) is 21.3. The van der Waals surface area contributed by atoms with Crippen molar-refractivity contribution in [1.82, 2.24) is 14.8 Å². The number of nitrogens with zero attached hydrogens (tertiary/aromatic N) is 4. The van der Waals surface area contributed by atoms with Gasteiger partial charge in [0.05, 0.1) is 5.00 Å². The van der Waals surface area contributed by atoms with Crippen molar-refractivity contribution in [3.8, 4) is 0 Å². The van der Waals surface area contributed by atoms with Crippen LogP contribution in [0.1, 0.15) is 19.8 Å². The number of aliphatic imine (C=N–C) groups is 1. The third-order valence-electron chi connectivity index (χ3n) is 4.70. The Morgan fingerprint density at radius 3 is 2.64 bits per heavy atom. The number of nitrogens with one attached hydrogen (secondary N) is 1. The lowest BCUT2D eigenvalue weighted by Gasteiger charge is -2.37. The van der Waals surface area contributed by atoms with Crippen LogP contribution in [0.15, 0.2) is 51.7 Å². The summed E-state index contributed by atoms with van der Waals surface area (Å²) in [5.74, 6) is 1.01. The highest BCUT2D eigenvalue weighted by Gasteiger charge is 2.20. The number of anilines is 1. The second kappa shape index (κ2) is 12.1. The first-order valence-electron chi connectivity index (χ1n) is 9.75. The SMILES string of the molecule is CCNC(=NCCCCn1ccccc1=O)N1CCN(c2cccs2)CC1.I. The van der Waals surface area contributed by atoms with Crippen LogP contribution in [0.25, 0.3) is 0 Å². The molecular weight excluding hydrogens is 485 g/mol. The van der Waals surface area contributed by atoms with Crippen LogP contribution in [0.5, 0.6) is 0 Å². The van der Waals surface area contributed by atoms with Crippen LogP contribution in [-0.2, 0) is 6.54 Å². The molecule has 1 fully saturated rings. The van der Waals surface area contributed by atoms with Crippen LogP contribution < -0.4 is 15.8 Å². The molecule has 2 aromatic heterocycles. The molecule has 0 atom stereocenters. The molecule has 0 aromatic carbocycles. The fourth-order valence-electron chi connectivity index (χ4n) is 3.24. The highest BCUT2D eigenvalue weighted by molar-refractivity contribution is 14.0. The zero-order chi connectivity index (χ0) is 18.9. The highest BCUT2D eigenvalue weighted by Crippen LogP contribution is 2.22. The normalized spacial score (nSPS) is 14.7. The quantitative estimate of drug-likeness (QED) is 0.267. The summed E-state index contributed by atoms with van der Waals surface area (Å²) in [7, 11) is 0. The van der Waals surface area contributed by atoms with Crippen LogP contribution in [-0.4, -0.2) is 54.7 Å². The molecule has 0 saturated carbocycles. The monoisotopic (exact) mass is 515 g/mol. The maximum Gasteiger partial charge on any atom is 0.250 e. The van der Waals surface area contributed by atoms with Gasteiger partial charge in [0.2, 0.25) is 5.56 Å². The van der Waals surface area contributed by atoms with Gasteiger partial charge in [0, 0.05) is 58.1 Å². The van der Waals surface area contributed by atoms with Crippen LogP contribution >= 0.6 is 35.3 Å². The first kappa shape index (κ1) is 22.7. The average Bonchev–Trinajstić information content (AvgIpc) is 3.23. The molecule has 3 rings (SSSR count). The summed E-state index contributed by atoms with van der Waals surface area (Å²) < 4.78 is 1.76. The van der Waals surface area contributed by atoms with E-state index in [9.17, 15) is 4.79 Å². The van der Waals surface area contributed by atoms with E-state index in [4.69, 9.17) is 4.99 Å². The van der Waals surface area contributed by atoms with Crippen molar-refractivity contribution in [1.29, 1.82) is 0 Å². The Hall–Kier alpha value is -1.55. The third-order valence-corrected chi connectivity index (χ3v) is 5.63. The lowest BCUT2D eigenvalue weighted by Crippen LogP contribution is -2.52. The number of unbranched alkanes of at least 4 members (excludes halogenated alkanes) is 1. The summed E-state index contributed by atoms with van der Waals surface area (Å²) in [6.07, 6.45) is 3.78. The molecule has 6 nitrogen and oxygen atoms in total. The molecule has 8 heteroatoms. The van der Waals surface area contributed by atoms with E-state index < -0.39 is 0 Å². The summed E-state index contributed by atoms with van der Waals surface area (Å²) in [6.45, 7) is 8.57. The maximum atomic E-state index is 11.7. The van der Waals surface area contributed by atoms with Crippen molar-refractivity contribution >= 4 is 46.3 Å². The fourth-order valence-corrected chi connectivity index (χ4v) is 4.02. The van der Waals surface area contributed by atoms with Gasteiger partial charge in [0.25, 0.3) is 0 Å². The van der Waals surface area contributed by atoms with Gasteiger partial charge in [0.15, 0.2) is 5.96 Å². The molecule has 0 bridgehead atoms. The molecule has 1 saturated heterocycles. The molecule has 0 aliphatic carbocycles. The van der Waals surface area contributed by atoms with Crippen LogP contribution in [0, 0.1) is 0 Å². The van der Waals surface area contributed by atoms with Crippen LogP contribution in [0.2, 0.25) is 0 Å². The minimum atomic E-state index is 0. The lowest BCUT2D eigenvalue weighted by atomic mass is 10.3. The van der Waals surface area contributed by atoms with E-state index in [2.05, 4.69) is 39.6 Å². The molecule has 3 heterocycles. The predicted molar refractivity (Wildman–Crippen MR) is 129 cm³/mol. The molecule has 0 unspecified atom stereocenters. The molecule has 1 aliphatic rings. The van der Waals surface area contributed by atoms with E-state index in [1.165, 1.54) is 5.00 Å². The fraction of sp³-hybridized carbons (Fsp3) is 0.500. The first-order chi connectivity index (χ1) is 13.3. The van der Waals surface area contributed by atoms with Crippen molar-refractivity contribution in [2.45, 2.75) is 26.3 Å². The minimum absolute atomic E-state index is 0. The number of halogens is 1. The molecule has 0 spiro atoms. The molecule has 28 heavy (non-hydrogen) atoms. The van der Waals surface area contributed by atoms with Gasteiger partial charge < -0.3 is 19.7 Å². The standard InChI is InChI=1S/C20H29N5OS.HI/c1-2-21-20(22-10-4-6-12-23-11-5-3-8-18(23)26)25-15-13-24(14-16-25)19-9-7-17-27-19;/h3,5,7-9,11,17H,2,4,6,10,12-16H2,1H3,(H,21,22);1H. The Kier molecular flexibility index (Phi) is 9.83. The van der Waals surface area contributed by atoms with Gasteiger partial charge >= 0.3 is 0 Å². The Labute approximate surface area is 188 Å². The van der Waals surface area contributed by atoms with Gasteiger partial charge in [0.1, 0.15) is 0 Å². The molecule has 154 valence electrons. The maximum absolute atomic E-state index is 11.7. The molecule has 0 amide bonds. The topological polar surface area (TPSA) is 52.9 Å². The van der Waals surface area contributed by atoms with Crippen LogP contribution in [0.4, 0.5) is 5.00 Å². The third kappa shape index (κ3) is 6.51.